The van der Waals surface area contributed by atoms with Gasteiger partial charge in [0.25, 0.3) is 0 Å². The number of hydrogen-bond donors (Lipinski definition) is 2. The van der Waals surface area contributed by atoms with Crippen LogP contribution in [0.1, 0.15) is 38.2 Å². The maximum atomic E-state index is 13.0. The number of nitriles is 1. The number of unbranched alkanes of at least 4 members (excludes halogenated alkanes) is 2. The molecule has 1 rings (SSSR count). The highest BCUT2D eigenvalue weighted by atomic mass is 19.1. The van der Waals surface area contributed by atoms with Gasteiger partial charge in [0, 0.05) is 19.8 Å². The van der Waals surface area contributed by atoms with Crippen molar-refractivity contribution in [2.75, 3.05) is 7.11 Å². The topological polar surface area (TPSA) is 108 Å². The van der Waals surface area contributed by atoms with Crippen LogP contribution in [0.15, 0.2) is 24.3 Å². The van der Waals surface area contributed by atoms with Gasteiger partial charge in [-0.3, -0.25) is 9.59 Å². The average molecular weight is 377 g/mol. The number of rotatable bonds is 10. The minimum atomic E-state index is -0.917. The number of nitrogens with one attached hydrogen (secondary N) is 2. The van der Waals surface area contributed by atoms with Crippen LogP contribution < -0.4 is 10.6 Å². The van der Waals surface area contributed by atoms with Gasteiger partial charge in [-0.2, -0.15) is 5.26 Å². The van der Waals surface area contributed by atoms with Crippen molar-refractivity contribution in [3.63, 3.8) is 0 Å². The van der Waals surface area contributed by atoms with Crippen molar-refractivity contribution in [2.24, 2.45) is 0 Å². The number of carbonyl (C=O) groups excluding carboxylic acids is 3. The molecule has 0 aliphatic heterocycles. The zero-order valence-corrected chi connectivity index (χ0v) is 15.5. The van der Waals surface area contributed by atoms with Crippen LogP contribution in [0.4, 0.5) is 4.39 Å². The Morgan fingerprint density at radius 1 is 1.15 bits per heavy atom. The smallest absolute Gasteiger partial charge is 0.328 e. The molecule has 27 heavy (non-hydrogen) atoms. The summed E-state index contributed by atoms with van der Waals surface area (Å²) in [7, 11) is 1.22. The van der Waals surface area contributed by atoms with Gasteiger partial charge >= 0.3 is 5.97 Å². The molecule has 1 aromatic carbocycles. The maximum absolute atomic E-state index is 13.0. The fourth-order valence-corrected chi connectivity index (χ4v) is 2.53. The van der Waals surface area contributed by atoms with E-state index in [1.54, 1.807) is 0 Å². The second-order valence-corrected chi connectivity index (χ2v) is 6.07. The number of benzene rings is 1. The van der Waals surface area contributed by atoms with E-state index in [1.165, 1.54) is 38.3 Å². The minimum Gasteiger partial charge on any atom is -0.467 e. The first-order chi connectivity index (χ1) is 12.9. The minimum absolute atomic E-state index is 0.147. The van der Waals surface area contributed by atoms with E-state index in [1.807, 2.05) is 6.07 Å². The molecule has 8 heteroatoms. The molecular weight excluding hydrogens is 353 g/mol. The van der Waals surface area contributed by atoms with Crippen LogP contribution >= 0.6 is 0 Å². The van der Waals surface area contributed by atoms with Crippen LogP contribution in [-0.2, 0) is 25.5 Å². The van der Waals surface area contributed by atoms with E-state index < -0.39 is 35.7 Å². The van der Waals surface area contributed by atoms with Crippen LogP contribution in [0, 0.1) is 17.1 Å². The first-order valence-corrected chi connectivity index (χ1v) is 8.64. The van der Waals surface area contributed by atoms with Gasteiger partial charge in [-0.25, -0.2) is 9.18 Å². The summed E-state index contributed by atoms with van der Waals surface area (Å²) in [5.74, 6) is -1.93. The van der Waals surface area contributed by atoms with Crippen LogP contribution in [0.5, 0.6) is 0 Å². The molecule has 0 aromatic heterocycles. The first kappa shape index (κ1) is 22.1. The largest absolute Gasteiger partial charge is 0.467 e. The summed E-state index contributed by atoms with van der Waals surface area (Å²) in [5.41, 5.74) is 0.661. The summed E-state index contributed by atoms with van der Waals surface area (Å²) in [5, 5.41) is 13.7. The van der Waals surface area contributed by atoms with Crippen molar-refractivity contribution in [1.82, 2.24) is 10.6 Å². The predicted molar refractivity (Wildman–Crippen MR) is 95.7 cm³/mol. The number of halogens is 1. The Bertz CT molecular complexity index is 685. The SMILES string of the molecule is COC(=O)[C@@H](CCCCC#N)NC(=O)[C@@H](Cc1ccc(F)cc1)NC(C)=O. The quantitative estimate of drug-likeness (QED) is 0.476. The van der Waals surface area contributed by atoms with Crippen molar-refractivity contribution in [3.8, 4) is 6.07 Å². The lowest BCUT2D eigenvalue weighted by Crippen LogP contribution is -2.52. The number of methoxy groups -OCH3 is 1. The fourth-order valence-electron chi connectivity index (χ4n) is 2.53. The van der Waals surface area contributed by atoms with Crippen molar-refractivity contribution in [2.45, 2.75) is 51.1 Å². The summed E-state index contributed by atoms with van der Waals surface area (Å²) in [6.45, 7) is 1.28. The van der Waals surface area contributed by atoms with Gasteiger partial charge in [0.2, 0.25) is 11.8 Å². The molecule has 1 aromatic rings. The molecule has 0 fully saturated rings. The standard InChI is InChI=1S/C19H24FN3O4/c1-13(24)22-17(12-14-7-9-15(20)10-8-14)18(25)23-16(19(26)27-2)6-4-3-5-11-21/h7-10,16-17H,3-6,12H2,1-2H3,(H,22,24)(H,23,25)/t16-,17-/m1/s1. The molecule has 0 heterocycles. The van der Waals surface area contributed by atoms with Crippen LogP contribution in [-0.4, -0.2) is 37.0 Å². The summed E-state index contributed by atoms with van der Waals surface area (Å²) >= 11 is 0. The zero-order valence-electron chi connectivity index (χ0n) is 15.5. The van der Waals surface area contributed by atoms with Gasteiger partial charge in [0.1, 0.15) is 17.9 Å². The summed E-state index contributed by atoms with van der Waals surface area (Å²) in [6.07, 6.45) is 2.00. The third-order valence-electron chi connectivity index (χ3n) is 3.88. The Hall–Kier alpha value is -2.95. The molecule has 7 nitrogen and oxygen atoms in total. The highest BCUT2D eigenvalue weighted by Crippen LogP contribution is 2.09. The second kappa shape index (κ2) is 11.6. The van der Waals surface area contributed by atoms with Crippen molar-refractivity contribution < 1.29 is 23.5 Å². The van der Waals surface area contributed by atoms with E-state index in [9.17, 15) is 18.8 Å². The molecule has 0 radical (unpaired) electrons. The second-order valence-electron chi connectivity index (χ2n) is 6.07. The molecule has 2 N–H and O–H groups in total. The van der Waals surface area contributed by atoms with Crippen LogP contribution in [0.25, 0.3) is 0 Å². The zero-order chi connectivity index (χ0) is 20.2. The van der Waals surface area contributed by atoms with Gasteiger partial charge in [0.15, 0.2) is 0 Å². The lowest BCUT2D eigenvalue weighted by atomic mass is 10.0. The summed E-state index contributed by atoms with van der Waals surface area (Å²) in [6, 6.07) is 5.82. The molecule has 0 aliphatic rings. The van der Waals surface area contributed by atoms with E-state index in [-0.39, 0.29) is 6.42 Å². The maximum Gasteiger partial charge on any atom is 0.328 e. The molecular formula is C19H24FN3O4. The van der Waals surface area contributed by atoms with Gasteiger partial charge < -0.3 is 15.4 Å². The third kappa shape index (κ3) is 8.31. The van der Waals surface area contributed by atoms with Crippen molar-refractivity contribution in [1.29, 1.82) is 5.26 Å². The van der Waals surface area contributed by atoms with E-state index in [4.69, 9.17) is 10.00 Å². The van der Waals surface area contributed by atoms with Crippen LogP contribution in [0.3, 0.4) is 0 Å². The summed E-state index contributed by atoms with van der Waals surface area (Å²) in [4.78, 5) is 36.0. The number of ether oxygens (including phenoxy) is 1. The van der Waals surface area contributed by atoms with Gasteiger partial charge in [0.05, 0.1) is 13.2 Å². The van der Waals surface area contributed by atoms with Crippen LogP contribution in [0.2, 0.25) is 0 Å². The summed E-state index contributed by atoms with van der Waals surface area (Å²) < 4.78 is 17.8. The molecule has 0 bridgehead atoms. The van der Waals surface area contributed by atoms with E-state index >= 15 is 0 Å². The van der Waals surface area contributed by atoms with Crippen molar-refractivity contribution in [3.05, 3.63) is 35.6 Å². The monoisotopic (exact) mass is 377 g/mol. The molecule has 2 atom stereocenters. The first-order valence-electron chi connectivity index (χ1n) is 8.64. The Balaban J connectivity index is 2.81. The molecule has 0 unspecified atom stereocenters. The van der Waals surface area contributed by atoms with E-state index in [2.05, 4.69) is 10.6 Å². The predicted octanol–water partition coefficient (Wildman–Crippen LogP) is 1.61. The van der Waals surface area contributed by atoms with Gasteiger partial charge in [-0.05, 0) is 37.0 Å². The molecule has 146 valence electrons. The number of hydrogen-bond acceptors (Lipinski definition) is 5. The lowest BCUT2D eigenvalue weighted by Gasteiger charge is -2.22. The molecule has 0 aliphatic carbocycles. The normalized spacial score (nSPS) is 12.4. The Kier molecular flexibility index (Phi) is 9.51. The Morgan fingerprint density at radius 2 is 1.81 bits per heavy atom. The highest BCUT2D eigenvalue weighted by molar-refractivity contribution is 5.90. The number of nitrogens with zero attached hydrogens (tertiary/aromatic N) is 1. The Morgan fingerprint density at radius 3 is 2.37 bits per heavy atom. The molecule has 0 saturated carbocycles. The van der Waals surface area contributed by atoms with Gasteiger partial charge in [-0.1, -0.05) is 12.1 Å². The number of carbonyl (C=O) groups is 3. The average Bonchev–Trinajstić information content (AvgIpc) is 2.64. The third-order valence-corrected chi connectivity index (χ3v) is 3.88. The van der Waals surface area contributed by atoms with Crippen molar-refractivity contribution >= 4 is 17.8 Å². The van der Waals surface area contributed by atoms with Gasteiger partial charge in [-0.15, -0.1) is 0 Å². The lowest BCUT2D eigenvalue weighted by molar-refractivity contribution is -0.145. The molecule has 0 saturated heterocycles. The molecule has 2 amide bonds. The number of esters is 1. The number of amides is 2. The molecule has 0 spiro atoms. The van der Waals surface area contributed by atoms with E-state index in [0.29, 0.717) is 31.2 Å². The Labute approximate surface area is 157 Å². The highest BCUT2D eigenvalue weighted by Gasteiger charge is 2.26. The fraction of sp³-hybridized carbons (Fsp3) is 0.474. The van der Waals surface area contributed by atoms with E-state index in [0.717, 1.165) is 0 Å².